The van der Waals surface area contributed by atoms with Crippen LogP contribution < -0.4 is 0 Å². The molecule has 0 unspecified atom stereocenters. The van der Waals surface area contributed by atoms with E-state index >= 15 is 0 Å². The molecule has 0 heterocycles. The summed E-state index contributed by atoms with van der Waals surface area (Å²) in [5.74, 6) is 0. The number of hydrogen-bond donors (Lipinski definition) is 0. The Labute approximate surface area is 169 Å². The molecule has 0 N–H and O–H groups in total. The summed E-state index contributed by atoms with van der Waals surface area (Å²) in [5, 5.41) is 2.61. The lowest BCUT2D eigenvalue weighted by atomic mass is 9.91. The summed E-state index contributed by atoms with van der Waals surface area (Å²) in [7, 11) is 0. The SMILES string of the molecule is C=C/C=C\C(=C)c1ccc2c3c(ccc(/C=C/CC)c13)C(=C/C=C/C)/C2=C\C. The fourth-order valence-corrected chi connectivity index (χ4v) is 3.87. The second-order valence-corrected chi connectivity index (χ2v) is 6.85. The van der Waals surface area contributed by atoms with Crippen molar-refractivity contribution >= 4 is 33.6 Å². The first kappa shape index (κ1) is 19.6. The average molecular weight is 365 g/mol. The summed E-state index contributed by atoms with van der Waals surface area (Å²) < 4.78 is 0. The first-order valence-electron chi connectivity index (χ1n) is 9.92. The van der Waals surface area contributed by atoms with Crippen LogP contribution in [-0.4, -0.2) is 0 Å². The van der Waals surface area contributed by atoms with E-state index in [9.17, 15) is 0 Å². The summed E-state index contributed by atoms with van der Waals surface area (Å²) in [6, 6.07) is 8.96. The molecule has 0 saturated heterocycles. The van der Waals surface area contributed by atoms with E-state index in [-0.39, 0.29) is 0 Å². The zero-order valence-corrected chi connectivity index (χ0v) is 17.1. The molecule has 0 heteroatoms. The molecule has 28 heavy (non-hydrogen) atoms. The number of benzene rings is 2. The third-order valence-electron chi connectivity index (χ3n) is 5.12. The molecule has 0 amide bonds. The number of hydrogen-bond acceptors (Lipinski definition) is 0. The Kier molecular flexibility index (Phi) is 6.11. The monoisotopic (exact) mass is 364 g/mol. The van der Waals surface area contributed by atoms with Crippen molar-refractivity contribution in [1.29, 1.82) is 0 Å². The first-order valence-corrected chi connectivity index (χ1v) is 9.92. The van der Waals surface area contributed by atoms with Crippen LogP contribution in [0.1, 0.15) is 49.4 Å². The van der Waals surface area contributed by atoms with Crippen molar-refractivity contribution in [3.8, 4) is 0 Å². The summed E-state index contributed by atoms with van der Waals surface area (Å²) in [6.45, 7) is 14.4. The van der Waals surface area contributed by atoms with Crippen LogP contribution in [0.2, 0.25) is 0 Å². The van der Waals surface area contributed by atoms with Crippen molar-refractivity contribution < 1.29 is 0 Å². The van der Waals surface area contributed by atoms with Gasteiger partial charge < -0.3 is 0 Å². The third kappa shape index (κ3) is 3.39. The van der Waals surface area contributed by atoms with Crippen molar-refractivity contribution in [2.75, 3.05) is 0 Å². The molecular formula is C28H28. The summed E-state index contributed by atoms with van der Waals surface area (Å²) in [5.41, 5.74) is 8.61. The maximum absolute atomic E-state index is 4.32. The molecule has 0 nitrogen and oxygen atoms in total. The molecule has 0 saturated carbocycles. The van der Waals surface area contributed by atoms with Crippen molar-refractivity contribution in [3.05, 3.63) is 108 Å². The smallest absolute Gasteiger partial charge is 0.00142 e. The van der Waals surface area contributed by atoms with Crippen LogP contribution in [0, 0.1) is 0 Å². The fraction of sp³-hybridized carbons (Fsp3) is 0.143. The van der Waals surface area contributed by atoms with Crippen LogP contribution in [0.5, 0.6) is 0 Å². The Morgan fingerprint density at radius 3 is 2.39 bits per heavy atom. The van der Waals surface area contributed by atoms with Crippen molar-refractivity contribution in [2.24, 2.45) is 0 Å². The number of allylic oxidation sites excluding steroid dienone is 11. The van der Waals surface area contributed by atoms with Gasteiger partial charge in [-0.15, -0.1) is 0 Å². The van der Waals surface area contributed by atoms with Gasteiger partial charge in [-0.2, -0.15) is 0 Å². The fourth-order valence-electron chi connectivity index (χ4n) is 3.87. The third-order valence-corrected chi connectivity index (χ3v) is 5.12. The molecule has 2 aromatic rings. The Bertz CT molecular complexity index is 1080. The molecule has 0 radical (unpaired) electrons. The lowest BCUT2D eigenvalue weighted by molar-refractivity contribution is 1.23. The lowest BCUT2D eigenvalue weighted by Gasteiger charge is -2.12. The molecule has 0 aromatic heterocycles. The predicted molar refractivity (Wildman–Crippen MR) is 128 cm³/mol. The van der Waals surface area contributed by atoms with Gasteiger partial charge in [0, 0.05) is 0 Å². The van der Waals surface area contributed by atoms with Crippen molar-refractivity contribution in [1.82, 2.24) is 0 Å². The minimum absolute atomic E-state index is 1.00. The standard InChI is InChI=1S/C28H28/c1-6-10-13-20(5)23-18-19-25-22(9-4)24(15-12-8-3)26-17-16-21(14-11-7-2)27(23)28(25)26/h6,8-19H,1,5,7H2,2-4H3/b12-8+,13-10-,14-11+,22-9+,24-15+. The predicted octanol–water partition coefficient (Wildman–Crippen LogP) is 8.39. The molecule has 2 aromatic carbocycles. The zero-order valence-electron chi connectivity index (χ0n) is 17.1. The van der Waals surface area contributed by atoms with Gasteiger partial charge in [0.2, 0.25) is 0 Å². The second kappa shape index (κ2) is 8.71. The highest BCUT2D eigenvalue weighted by Gasteiger charge is 2.25. The van der Waals surface area contributed by atoms with Crippen LogP contribution in [0.3, 0.4) is 0 Å². The minimum atomic E-state index is 1.00. The maximum Gasteiger partial charge on any atom is -0.00142 e. The Balaban J connectivity index is 2.42. The van der Waals surface area contributed by atoms with E-state index in [2.05, 4.69) is 94.7 Å². The van der Waals surface area contributed by atoms with Gasteiger partial charge in [0.25, 0.3) is 0 Å². The summed E-state index contributed by atoms with van der Waals surface area (Å²) in [4.78, 5) is 0. The minimum Gasteiger partial charge on any atom is -0.0991 e. The van der Waals surface area contributed by atoms with Crippen molar-refractivity contribution in [2.45, 2.75) is 27.2 Å². The average Bonchev–Trinajstić information content (AvgIpc) is 3.03. The van der Waals surface area contributed by atoms with Gasteiger partial charge in [0.05, 0.1) is 0 Å². The highest BCUT2D eigenvalue weighted by molar-refractivity contribution is 6.24. The van der Waals surface area contributed by atoms with Gasteiger partial charge in [-0.25, -0.2) is 0 Å². The molecule has 3 rings (SSSR count). The van der Waals surface area contributed by atoms with Gasteiger partial charge in [-0.1, -0.05) is 99.0 Å². The van der Waals surface area contributed by atoms with Gasteiger partial charge in [-0.05, 0) is 70.0 Å². The van der Waals surface area contributed by atoms with E-state index in [1.54, 1.807) is 6.08 Å². The number of rotatable bonds is 6. The molecule has 0 spiro atoms. The van der Waals surface area contributed by atoms with Crippen molar-refractivity contribution in [3.63, 3.8) is 0 Å². The van der Waals surface area contributed by atoms with Gasteiger partial charge in [-0.3, -0.25) is 0 Å². The molecule has 0 aliphatic heterocycles. The Morgan fingerprint density at radius 1 is 0.964 bits per heavy atom. The molecule has 0 fully saturated rings. The topological polar surface area (TPSA) is 0 Å². The van der Waals surface area contributed by atoms with E-state index in [0.717, 1.165) is 12.0 Å². The highest BCUT2D eigenvalue weighted by atomic mass is 14.3. The molecular weight excluding hydrogens is 336 g/mol. The Hall–Kier alpha value is -3.12. The van der Waals surface area contributed by atoms with E-state index in [1.807, 2.05) is 12.2 Å². The largest absolute Gasteiger partial charge is 0.0991 e. The molecule has 140 valence electrons. The zero-order chi connectivity index (χ0) is 20.1. The van der Waals surface area contributed by atoms with E-state index < -0.39 is 0 Å². The molecule has 1 aliphatic carbocycles. The quantitative estimate of drug-likeness (QED) is 0.451. The first-order chi connectivity index (χ1) is 13.7. The van der Waals surface area contributed by atoms with Gasteiger partial charge in [0.15, 0.2) is 0 Å². The van der Waals surface area contributed by atoms with Crippen LogP contribution in [0.15, 0.2) is 86.0 Å². The maximum atomic E-state index is 4.32. The lowest BCUT2D eigenvalue weighted by Crippen LogP contribution is -1.90. The van der Waals surface area contributed by atoms with E-state index in [1.165, 1.54) is 44.2 Å². The van der Waals surface area contributed by atoms with Gasteiger partial charge in [0.1, 0.15) is 0 Å². The van der Waals surface area contributed by atoms with E-state index in [4.69, 9.17) is 0 Å². The highest BCUT2D eigenvalue weighted by Crippen LogP contribution is 2.48. The van der Waals surface area contributed by atoms with Crippen LogP contribution in [-0.2, 0) is 0 Å². The van der Waals surface area contributed by atoms with Crippen LogP contribution >= 0.6 is 0 Å². The summed E-state index contributed by atoms with van der Waals surface area (Å²) in [6.07, 6.45) is 19.9. The Morgan fingerprint density at radius 2 is 1.71 bits per heavy atom. The van der Waals surface area contributed by atoms with Crippen LogP contribution in [0.4, 0.5) is 0 Å². The molecule has 0 atom stereocenters. The summed E-state index contributed by atoms with van der Waals surface area (Å²) >= 11 is 0. The van der Waals surface area contributed by atoms with Crippen LogP contribution in [0.25, 0.3) is 33.6 Å². The molecule has 0 bridgehead atoms. The normalized spacial score (nSPS) is 16.5. The van der Waals surface area contributed by atoms with E-state index in [0.29, 0.717) is 0 Å². The second-order valence-electron chi connectivity index (χ2n) is 6.85. The molecule has 1 aliphatic rings. The van der Waals surface area contributed by atoms with Gasteiger partial charge >= 0.3 is 0 Å².